The van der Waals surface area contributed by atoms with Gasteiger partial charge in [0.1, 0.15) is 5.78 Å². The van der Waals surface area contributed by atoms with E-state index in [4.69, 9.17) is 0 Å². The van der Waals surface area contributed by atoms with Crippen LogP contribution in [0.1, 0.15) is 75.3 Å². The van der Waals surface area contributed by atoms with Crippen molar-refractivity contribution < 1.29 is 4.79 Å². The lowest BCUT2D eigenvalue weighted by Crippen LogP contribution is -2.43. The summed E-state index contributed by atoms with van der Waals surface area (Å²) in [7, 11) is 0. The lowest BCUT2D eigenvalue weighted by atomic mass is 9.55. The highest BCUT2D eigenvalue weighted by atomic mass is 16.1. The lowest BCUT2D eigenvalue weighted by molar-refractivity contribution is -0.135. The third-order valence-corrected chi connectivity index (χ3v) is 8.20. The molecule has 4 atom stereocenters. The Hall–Kier alpha value is -1.11. The second-order valence-electron chi connectivity index (χ2n) is 9.09. The van der Waals surface area contributed by atoms with E-state index in [0.29, 0.717) is 11.7 Å². The summed E-state index contributed by atoms with van der Waals surface area (Å²) in [6.07, 6.45) is 11.1. The molecule has 23 heavy (non-hydrogen) atoms. The number of carbonyl (C=O) groups is 1. The Kier molecular flexibility index (Phi) is 2.92. The molecule has 0 N–H and O–H groups in total. The largest absolute Gasteiger partial charge is 0.298 e. The molecule has 3 fully saturated rings. The minimum absolute atomic E-state index is 0.00219. The van der Waals surface area contributed by atoms with Crippen LogP contribution in [0.2, 0.25) is 0 Å². The summed E-state index contributed by atoms with van der Waals surface area (Å²) in [5.74, 6) is 2.81. The van der Waals surface area contributed by atoms with Gasteiger partial charge >= 0.3 is 0 Å². The molecule has 0 heterocycles. The first-order chi connectivity index (χ1) is 11.1. The standard InChI is InChI=1S/C22H28O/c1-21-13-10-17-16-7-3-2-6-15(16)8-9-18(17)19(21)14-22(20(21)23)11-4-5-12-22/h2-3,6-7,17-19H,4-5,8-14H2,1H3/t17-,18-,19+,21+/m0/s1. The third-order valence-electron chi connectivity index (χ3n) is 8.20. The van der Waals surface area contributed by atoms with E-state index in [1.165, 1.54) is 51.4 Å². The number of fused-ring (bicyclic) bond motifs is 5. The Morgan fingerprint density at radius 3 is 2.65 bits per heavy atom. The number of aryl methyl sites for hydroxylation is 1. The van der Waals surface area contributed by atoms with Crippen molar-refractivity contribution in [3.63, 3.8) is 0 Å². The van der Waals surface area contributed by atoms with Crippen molar-refractivity contribution in [3.05, 3.63) is 35.4 Å². The Balaban J connectivity index is 1.54. The fourth-order valence-electron chi connectivity index (χ4n) is 7.10. The molecular formula is C22H28O. The van der Waals surface area contributed by atoms with E-state index < -0.39 is 0 Å². The number of benzene rings is 1. The van der Waals surface area contributed by atoms with Gasteiger partial charge in [0.2, 0.25) is 0 Å². The summed E-state index contributed by atoms with van der Waals surface area (Å²) >= 11 is 0. The highest BCUT2D eigenvalue weighted by Gasteiger charge is 2.63. The van der Waals surface area contributed by atoms with Crippen molar-refractivity contribution in [2.75, 3.05) is 0 Å². The average Bonchev–Trinajstić information content (AvgIpc) is 3.13. The van der Waals surface area contributed by atoms with Crippen LogP contribution in [0.4, 0.5) is 0 Å². The molecule has 5 rings (SSSR count). The van der Waals surface area contributed by atoms with Gasteiger partial charge in [0.25, 0.3) is 0 Å². The lowest BCUT2D eigenvalue weighted by Gasteiger charge is -2.48. The van der Waals surface area contributed by atoms with Gasteiger partial charge in [-0.15, -0.1) is 0 Å². The van der Waals surface area contributed by atoms with Crippen molar-refractivity contribution >= 4 is 5.78 Å². The van der Waals surface area contributed by atoms with Crippen LogP contribution in [-0.2, 0) is 11.2 Å². The van der Waals surface area contributed by atoms with Crippen molar-refractivity contribution in [2.45, 2.75) is 70.6 Å². The minimum atomic E-state index is -0.00219. The maximum absolute atomic E-state index is 13.4. The number of hydrogen-bond acceptors (Lipinski definition) is 1. The first kappa shape index (κ1) is 14.3. The molecule has 0 bridgehead atoms. The van der Waals surface area contributed by atoms with Gasteiger partial charge in [-0.25, -0.2) is 0 Å². The summed E-state index contributed by atoms with van der Waals surface area (Å²) in [5.41, 5.74) is 3.28. The molecule has 0 amide bonds. The van der Waals surface area contributed by atoms with Crippen LogP contribution in [0, 0.1) is 22.7 Å². The molecule has 4 aliphatic carbocycles. The Bertz CT molecular complexity index is 654. The third kappa shape index (κ3) is 1.77. The molecule has 4 aliphatic rings. The van der Waals surface area contributed by atoms with E-state index in [1.807, 2.05) is 0 Å². The molecule has 1 heteroatoms. The Labute approximate surface area is 139 Å². The molecule has 1 aromatic carbocycles. The van der Waals surface area contributed by atoms with Crippen molar-refractivity contribution in [1.82, 2.24) is 0 Å². The van der Waals surface area contributed by atoms with E-state index >= 15 is 0 Å². The monoisotopic (exact) mass is 308 g/mol. The molecular weight excluding hydrogens is 280 g/mol. The van der Waals surface area contributed by atoms with Gasteiger partial charge in [0, 0.05) is 10.8 Å². The zero-order valence-corrected chi connectivity index (χ0v) is 14.3. The molecule has 0 aromatic heterocycles. The smallest absolute Gasteiger partial charge is 0.145 e. The van der Waals surface area contributed by atoms with Gasteiger partial charge in [0.15, 0.2) is 0 Å². The number of carbonyl (C=O) groups excluding carboxylic acids is 1. The number of ketones is 1. The van der Waals surface area contributed by atoms with Crippen LogP contribution in [0.5, 0.6) is 0 Å². The van der Waals surface area contributed by atoms with Crippen LogP contribution >= 0.6 is 0 Å². The van der Waals surface area contributed by atoms with Crippen LogP contribution in [0.25, 0.3) is 0 Å². The maximum atomic E-state index is 13.4. The quantitative estimate of drug-likeness (QED) is 0.637. The average molecular weight is 308 g/mol. The molecule has 0 saturated heterocycles. The first-order valence-corrected chi connectivity index (χ1v) is 9.77. The molecule has 3 saturated carbocycles. The SMILES string of the molecule is C[C@@]12CC[C@H]3c4ccccc4CC[C@@H]3[C@H]1CC1(CCCC1)C2=O. The van der Waals surface area contributed by atoms with Gasteiger partial charge in [-0.1, -0.05) is 44.0 Å². The van der Waals surface area contributed by atoms with E-state index in [-0.39, 0.29) is 10.8 Å². The summed E-state index contributed by atoms with van der Waals surface area (Å²) in [5, 5.41) is 0. The van der Waals surface area contributed by atoms with E-state index in [0.717, 1.165) is 18.3 Å². The highest BCUT2D eigenvalue weighted by Crippen LogP contribution is 2.66. The van der Waals surface area contributed by atoms with Crippen molar-refractivity contribution in [2.24, 2.45) is 22.7 Å². The minimum Gasteiger partial charge on any atom is -0.298 e. The maximum Gasteiger partial charge on any atom is 0.145 e. The predicted molar refractivity (Wildman–Crippen MR) is 92.4 cm³/mol. The van der Waals surface area contributed by atoms with Crippen molar-refractivity contribution in [1.29, 1.82) is 0 Å². The molecule has 1 spiro atoms. The van der Waals surface area contributed by atoms with Gasteiger partial charge in [0.05, 0.1) is 0 Å². The van der Waals surface area contributed by atoms with Crippen LogP contribution in [0.15, 0.2) is 24.3 Å². The predicted octanol–water partition coefficient (Wildman–Crippen LogP) is 5.28. The van der Waals surface area contributed by atoms with Gasteiger partial charge < -0.3 is 0 Å². The van der Waals surface area contributed by atoms with Crippen LogP contribution in [-0.4, -0.2) is 5.78 Å². The molecule has 0 aliphatic heterocycles. The van der Waals surface area contributed by atoms with Gasteiger partial charge in [-0.2, -0.15) is 0 Å². The highest BCUT2D eigenvalue weighted by molar-refractivity contribution is 5.93. The summed E-state index contributed by atoms with van der Waals surface area (Å²) in [6, 6.07) is 9.11. The molecule has 122 valence electrons. The van der Waals surface area contributed by atoms with Crippen LogP contribution < -0.4 is 0 Å². The molecule has 1 aromatic rings. The number of Topliss-reactive ketones (excluding diaryl/α,β-unsaturated/α-hetero) is 1. The van der Waals surface area contributed by atoms with Crippen LogP contribution in [0.3, 0.4) is 0 Å². The number of hydrogen-bond donors (Lipinski definition) is 0. The van der Waals surface area contributed by atoms with E-state index in [2.05, 4.69) is 31.2 Å². The zero-order chi connectivity index (χ0) is 15.7. The first-order valence-electron chi connectivity index (χ1n) is 9.77. The normalized spacial score (nSPS) is 40.7. The van der Waals surface area contributed by atoms with E-state index in [9.17, 15) is 4.79 Å². The summed E-state index contributed by atoms with van der Waals surface area (Å²) in [4.78, 5) is 13.4. The van der Waals surface area contributed by atoms with Gasteiger partial charge in [-0.05, 0) is 73.8 Å². The zero-order valence-electron chi connectivity index (χ0n) is 14.3. The summed E-state index contributed by atoms with van der Waals surface area (Å²) in [6.45, 7) is 2.34. The van der Waals surface area contributed by atoms with Crippen molar-refractivity contribution in [3.8, 4) is 0 Å². The fourth-order valence-corrected chi connectivity index (χ4v) is 7.10. The number of rotatable bonds is 0. The Morgan fingerprint density at radius 1 is 1.04 bits per heavy atom. The topological polar surface area (TPSA) is 17.1 Å². The van der Waals surface area contributed by atoms with Gasteiger partial charge in [-0.3, -0.25) is 4.79 Å². The molecule has 0 radical (unpaired) electrons. The summed E-state index contributed by atoms with van der Waals surface area (Å²) < 4.78 is 0. The second kappa shape index (κ2) is 4.71. The fraction of sp³-hybridized carbons (Fsp3) is 0.682. The Morgan fingerprint density at radius 2 is 1.83 bits per heavy atom. The second-order valence-corrected chi connectivity index (χ2v) is 9.09. The molecule has 0 unspecified atom stereocenters. The van der Waals surface area contributed by atoms with E-state index in [1.54, 1.807) is 11.1 Å². The molecule has 1 nitrogen and oxygen atoms in total.